The molecule has 0 atom stereocenters. The van der Waals surface area contributed by atoms with Gasteiger partial charge in [-0.05, 0) is 49.2 Å². The molecule has 3 aromatic rings. The number of thioether (sulfide) groups is 1. The van der Waals surface area contributed by atoms with Crippen LogP contribution in [0.3, 0.4) is 0 Å². The Balaban J connectivity index is 1.39. The molecular weight excluding hydrogens is 444 g/mol. The van der Waals surface area contributed by atoms with Crippen LogP contribution in [0.5, 0.6) is 0 Å². The van der Waals surface area contributed by atoms with E-state index in [1.54, 1.807) is 11.8 Å². The van der Waals surface area contributed by atoms with Gasteiger partial charge in [-0.15, -0.1) is 11.8 Å². The van der Waals surface area contributed by atoms with Crippen LogP contribution in [0.2, 0.25) is 5.02 Å². The number of nitrogens with zero attached hydrogens (tertiary/aromatic N) is 3. The van der Waals surface area contributed by atoms with Crippen LogP contribution in [0.1, 0.15) is 30.4 Å². The zero-order chi connectivity index (χ0) is 21.8. The Kier molecular flexibility index (Phi) is 6.97. The molecule has 5 rings (SSSR count). The number of pyridine rings is 1. The number of oxazole rings is 1. The van der Waals surface area contributed by atoms with Gasteiger partial charge in [-0.3, -0.25) is 0 Å². The molecule has 8 heteroatoms. The predicted octanol–water partition coefficient (Wildman–Crippen LogP) is 4.99. The highest BCUT2D eigenvalue weighted by Gasteiger charge is 2.24. The summed E-state index contributed by atoms with van der Waals surface area (Å²) in [5, 5.41) is 4.13. The number of anilines is 1. The second kappa shape index (κ2) is 10.3. The predicted molar refractivity (Wildman–Crippen MR) is 129 cm³/mol. The number of piperazine rings is 1. The SMILES string of the molecule is Clc1ccc(SCc2oc(C3CCOCC3)nc2-c2ccc(N3CCNCC3)nc2)cc1. The van der Waals surface area contributed by atoms with Crippen LogP contribution in [-0.4, -0.2) is 49.4 Å². The lowest BCUT2D eigenvalue weighted by atomic mass is 10.0. The zero-order valence-electron chi connectivity index (χ0n) is 17.9. The van der Waals surface area contributed by atoms with Crippen LogP contribution in [0.25, 0.3) is 11.3 Å². The number of rotatable bonds is 6. The van der Waals surface area contributed by atoms with E-state index in [1.165, 1.54) is 0 Å². The molecule has 6 nitrogen and oxygen atoms in total. The Morgan fingerprint density at radius 2 is 1.84 bits per heavy atom. The number of hydrogen-bond acceptors (Lipinski definition) is 7. The van der Waals surface area contributed by atoms with E-state index in [2.05, 4.69) is 22.3 Å². The summed E-state index contributed by atoms with van der Waals surface area (Å²) in [5.41, 5.74) is 1.89. The van der Waals surface area contributed by atoms with Gasteiger partial charge < -0.3 is 19.4 Å². The van der Waals surface area contributed by atoms with Crippen LogP contribution < -0.4 is 10.2 Å². The van der Waals surface area contributed by atoms with E-state index in [4.69, 9.17) is 30.7 Å². The van der Waals surface area contributed by atoms with Crippen LogP contribution in [-0.2, 0) is 10.5 Å². The Morgan fingerprint density at radius 3 is 2.56 bits per heavy atom. The molecule has 32 heavy (non-hydrogen) atoms. The van der Waals surface area contributed by atoms with Gasteiger partial charge in [0.05, 0.1) is 5.75 Å². The standard InChI is InChI=1S/C24H27ClN4O2S/c25-19-2-4-20(5-3-19)32-16-21-23(28-24(31-21)17-7-13-30-14-8-17)18-1-6-22(27-15-18)29-11-9-26-10-12-29/h1-6,15,17,26H,7-14,16H2. The lowest BCUT2D eigenvalue weighted by Gasteiger charge is -2.28. The van der Waals surface area contributed by atoms with Gasteiger partial charge >= 0.3 is 0 Å². The first-order chi connectivity index (χ1) is 15.8. The molecule has 0 bridgehead atoms. The first-order valence-corrected chi connectivity index (χ1v) is 12.5. The largest absolute Gasteiger partial charge is 0.444 e. The summed E-state index contributed by atoms with van der Waals surface area (Å²) in [6.45, 7) is 5.47. The maximum atomic E-state index is 6.34. The fourth-order valence-electron chi connectivity index (χ4n) is 4.10. The molecule has 2 aliphatic rings. The molecule has 0 saturated carbocycles. The Morgan fingerprint density at radius 1 is 1.06 bits per heavy atom. The highest BCUT2D eigenvalue weighted by molar-refractivity contribution is 7.98. The van der Waals surface area contributed by atoms with E-state index >= 15 is 0 Å². The zero-order valence-corrected chi connectivity index (χ0v) is 19.5. The van der Waals surface area contributed by atoms with Gasteiger partial charge in [-0.2, -0.15) is 0 Å². The molecule has 0 aliphatic carbocycles. The van der Waals surface area contributed by atoms with Crippen molar-refractivity contribution in [1.82, 2.24) is 15.3 Å². The fraction of sp³-hybridized carbons (Fsp3) is 0.417. The molecule has 1 aromatic carbocycles. The summed E-state index contributed by atoms with van der Waals surface area (Å²) < 4.78 is 11.9. The maximum absolute atomic E-state index is 6.34. The minimum absolute atomic E-state index is 0.310. The summed E-state index contributed by atoms with van der Waals surface area (Å²) in [6.07, 6.45) is 3.83. The third-order valence-corrected chi connectivity index (χ3v) is 7.19. The van der Waals surface area contributed by atoms with Crippen molar-refractivity contribution in [3.63, 3.8) is 0 Å². The average Bonchev–Trinajstić information content (AvgIpc) is 3.29. The van der Waals surface area contributed by atoms with Crippen LogP contribution >= 0.6 is 23.4 Å². The Labute approximate surface area is 197 Å². The molecule has 2 aromatic heterocycles. The van der Waals surface area contributed by atoms with Crippen molar-refractivity contribution in [1.29, 1.82) is 0 Å². The number of ether oxygens (including phenoxy) is 1. The van der Waals surface area contributed by atoms with E-state index in [0.717, 1.165) is 90.9 Å². The van der Waals surface area contributed by atoms with E-state index in [9.17, 15) is 0 Å². The molecule has 0 unspecified atom stereocenters. The monoisotopic (exact) mass is 470 g/mol. The van der Waals surface area contributed by atoms with Gasteiger partial charge in [-0.1, -0.05) is 11.6 Å². The topological polar surface area (TPSA) is 63.4 Å². The fourth-order valence-corrected chi connectivity index (χ4v) is 5.05. The Hall–Kier alpha value is -2.06. The minimum Gasteiger partial charge on any atom is -0.444 e. The number of nitrogens with one attached hydrogen (secondary N) is 1. The van der Waals surface area contributed by atoms with Crippen molar-refractivity contribution in [2.45, 2.75) is 29.4 Å². The summed E-state index contributed by atoms with van der Waals surface area (Å²) in [7, 11) is 0. The molecule has 0 radical (unpaired) electrons. The molecule has 2 aliphatic heterocycles. The molecular formula is C24H27ClN4O2S. The highest BCUT2D eigenvalue weighted by Crippen LogP contribution is 2.35. The van der Waals surface area contributed by atoms with Gasteiger partial charge in [0.15, 0.2) is 5.89 Å². The number of halogens is 1. The molecule has 0 spiro atoms. The first kappa shape index (κ1) is 21.8. The van der Waals surface area contributed by atoms with Crippen LogP contribution in [0.15, 0.2) is 51.9 Å². The van der Waals surface area contributed by atoms with E-state index < -0.39 is 0 Å². The number of aromatic nitrogens is 2. The van der Waals surface area contributed by atoms with Crippen molar-refractivity contribution in [2.24, 2.45) is 0 Å². The van der Waals surface area contributed by atoms with Gasteiger partial charge in [0, 0.05) is 67.0 Å². The van der Waals surface area contributed by atoms with Gasteiger partial charge in [0.1, 0.15) is 17.3 Å². The van der Waals surface area contributed by atoms with Crippen molar-refractivity contribution in [3.8, 4) is 11.3 Å². The van der Waals surface area contributed by atoms with Crippen LogP contribution in [0.4, 0.5) is 5.82 Å². The van der Waals surface area contributed by atoms with E-state index in [0.29, 0.717) is 11.7 Å². The lowest BCUT2D eigenvalue weighted by Crippen LogP contribution is -2.43. The normalized spacial score (nSPS) is 17.6. The van der Waals surface area contributed by atoms with Gasteiger partial charge in [-0.25, -0.2) is 9.97 Å². The number of hydrogen-bond donors (Lipinski definition) is 1. The summed E-state index contributed by atoms with van der Waals surface area (Å²) >= 11 is 7.75. The average molecular weight is 471 g/mol. The smallest absolute Gasteiger partial charge is 0.198 e. The minimum atomic E-state index is 0.310. The summed E-state index contributed by atoms with van der Waals surface area (Å²) in [6, 6.07) is 12.1. The highest BCUT2D eigenvalue weighted by atomic mass is 35.5. The van der Waals surface area contributed by atoms with Crippen molar-refractivity contribution in [3.05, 3.63) is 59.3 Å². The van der Waals surface area contributed by atoms with E-state index in [1.807, 2.05) is 30.5 Å². The Bertz CT molecular complexity index is 1010. The van der Waals surface area contributed by atoms with Crippen molar-refractivity contribution < 1.29 is 9.15 Å². The molecule has 168 valence electrons. The quantitative estimate of drug-likeness (QED) is 0.509. The molecule has 2 saturated heterocycles. The second-order valence-corrected chi connectivity index (χ2v) is 9.58. The van der Waals surface area contributed by atoms with Gasteiger partial charge in [0.2, 0.25) is 0 Å². The summed E-state index contributed by atoms with van der Waals surface area (Å²) in [5.74, 6) is 3.74. The van der Waals surface area contributed by atoms with Crippen LogP contribution in [0, 0.1) is 0 Å². The van der Waals surface area contributed by atoms with Gasteiger partial charge in [0.25, 0.3) is 0 Å². The molecule has 0 amide bonds. The third-order valence-electron chi connectivity index (χ3n) is 5.93. The van der Waals surface area contributed by atoms with E-state index in [-0.39, 0.29) is 0 Å². The number of benzene rings is 1. The third kappa shape index (κ3) is 5.12. The lowest BCUT2D eigenvalue weighted by molar-refractivity contribution is 0.0792. The van der Waals surface area contributed by atoms with Crippen molar-refractivity contribution >= 4 is 29.2 Å². The summed E-state index contributed by atoms with van der Waals surface area (Å²) in [4.78, 5) is 13.2. The maximum Gasteiger partial charge on any atom is 0.198 e. The molecule has 4 heterocycles. The second-order valence-electron chi connectivity index (χ2n) is 8.10. The van der Waals surface area contributed by atoms with Crippen molar-refractivity contribution in [2.75, 3.05) is 44.3 Å². The molecule has 2 fully saturated rings. The first-order valence-electron chi connectivity index (χ1n) is 11.1. The molecule has 1 N–H and O–H groups in total.